The van der Waals surface area contributed by atoms with E-state index < -0.39 is 18.8 Å². The Bertz CT molecular complexity index is 250. The summed E-state index contributed by atoms with van der Waals surface area (Å²) in [6, 6.07) is 0. The van der Waals surface area contributed by atoms with Crippen LogP contribution in [0.15, 0.2) is 6.33 Å². The van der Waals surface area contributed by atoms with Crippen molar-refractivity contribution in [3.8, 4) is 0 Å². The molecule has 0 bridgehead atoms. The molecule has 4 nitrogen and oxygen atoms in total. The largest absolute Gasteiger partial charge is 0.416 e. The minimum atomic E-state index is -4.60. The second kappa shape index (κ2) is 3.88. The van der Waals surface area contributed by atoms with Gasteiger partial charge in [-0.05, 0) is 0 Å². The molecule has 0 aliphatic heterocycles. The second-order valence-corrected chi connectivity index (χ2v) is 2.96. The van der Waals surface area contributed by atoms with Gasteiger partial charge in [0.1, 0.15) is 6.33 Å². The Morgan fingerprint density at radius 2 is 2.31 bits per heavy atom. The Kier molecular flexibility index (Phi) is 3.04. The van der Waals surface area contributed by atoms with E-state index in [1.165, 1.54) is 6.33 Å². The van der Waals surface area contributed by atoms with E-state index >= 15 is 0 Å². The zero-order chi connectivity index (χ0) is 9.90. The molecule has 2 N–H and O–H groups in total. The lowest BCUT2D eigenvalue weighted by molar-refractivity contribution is -0.198. The van der Waals surface area contributed by atoms with Crippen LogP contribution in [-0.4, -0.2) is 33.3 Å². The Morgan fingerprint density at radius 3 is 2.77 bits per heavy atom. The fourth-order valence-corrected chi connectivity index (χ4v) is 0.987. The number of aromatic nitrogens is 2. The lowest BCUT2D eigenvalue weighted by Crippen LogP contribution is -2.34. The first kappa shape index (κ1) is 10.2. The standard InChI is InChI=1S/C5H6F3N3OS/c6-5(7,8)3(12)1-9-4-10-2-11-13-4/h2-3,12H,1H2,(H,9,10,11)/t3-/m1/s1. The predicted octanol–water partition coefficient (Wildman–Crippen LogP) is 0.873. The van der Waals surface area contributed by atoms with Gasteiger partial charge in [0.15, 0.2) is 6.10 Å². The van der Waals surface area contributed by atoms with Gasteiger partial charge in [-0.15, -0.1) is 0 Å². The highest BCUT2D eigenvalue weighted by Gasteiger charge is 2.37. The predicted molar refractivity (Wildman–Crippen MR) is 40.5 cm³/mol. The van der Waals surface area contributed by atoms with E-state index in [4.69, 9.17) is 5.11 Å². The van der Waals surface area contributed by atoms with Crippen molar-refractivity contribution in [2.45, 2.75) is 12.3 Å². The summed E-state index contributed by atoms with van der Waals surface area (Å²) in [6.45, 7) is -0.612. The van der Waals surface area contributed by atoms with E-state index in [1.54, 1.807) is 0 Å². The summed E-state index contributed by atoms with van der Waals surface area (Å²) in [6.07, 6.45) is -5.76. The van der Waals surface area contributed by atoms with Crippen molar-refractivity contribution >= 4 is 16.7 Å². The molecule has 0 saturated heterocycles. The molecule has 1 heterocycles. The van der Waals surface area contributed by atoms with Crippen LogP contribution >= 0.6 is 11.5 Å². The average Bonchev–Trinajstić information content (AvgIpc) is 2.50. The Balaban J connectivity index is 2.35. The number of nitrogens with one attached hydrogen (secondary N) is 1. The first-order valence-corrected chi connectivity index (χ1v) is 4.03. The van der Waals surface area contributed by atoms with Crippen LogP contribution in [0.2, 0.25) is 0 Å². The Morgan fingerprint density at radius 1 is 1.62 bits per heavy atom. The number of rotatable bonds is 3. The number of hydrogen-bond acceptors (Lipinski definition) is 5. The quantitative estimate of drug-likeness (QED) is 0.782. The van der Waals surface area contributed by atoms with Crippen molar-refractivity contribution in [1.29, 1.82) is 0 Å². The third-order valence-corrected chi connectivity index (χ3v) is 1.81. The van der Waals surface area contributed by atoms with Gasteiger partial charge >= 0.3 is 6.18 Å². The smallest absolute Gasteiger partial charge is 0.382 e. The van der Waals surface area contributed by atoms with Crippen molar-refractivity contribution in [3.05, 3.63) is 6.33 Å². The van der Waals surface area contributed by atoms with Crippen LogP contribution in [0, 0.1) is 0 Å². The van der Waals surface area contributed by atoms with Gasteiger partial charge in [0.2, 0.25) is 5.13 Å². The molecule has 0 fully saturated rings. The molecule has 0 unspecified atom stereocenters. The molecule has 1 atom stereocenters. The van der Waals surface area contributed by atoms with Crippen LogP contribution in [0.3, 0.4) is 0 Å². The van der Waals surface area contributed by atoms with Crippen LogP contribution in [0.25, 0.3) is 0 Å². The summed E-state index contributed by atoms with van der Waals surface area (Å²) in [4.78, 5) is 3.59. The molecule has 0 aliphatic carbocycles. The molecule has 74 valence electrons. The topological polar surface area (TPSA) is 58.0 Å². The van der Waals surface area contributed by atoms with Crippen molar-refractivity contribution in [2.24, 2.45) is 0 Å². The number of aliphatic hydroxyl groups is 1. The molecule has 1 rings (SSSR count). The molecule has 1 aromatic heterocycles. The summed E-state index contributed by atoms with van der Waals surface area (Å²) in [5.74, 6) is 0. The number of anilines is 1. The van der Waals surface area contributed by atoms with Crippen LogP contribution in [0.1, 0.15) is 0 Å². The minimum Gasteiger partial charge on any atom is -0.382 e. The fourth-order valence-electron chi connectivity index (χ4n) is 0.551. The molecular formula is C5H6F3N3OS. The number of hydrogen-bond donors (Lipinski definition) is 2. The van der Waals surface area contributed by atoms with Gasteiger partial charge in [0.05, 0.1) is 6.54 Å². The molecule has 0 saturated carbocycles. The molecule has 0 amide bonds. The van der Waals surface area contributed by atoms with E-state index in [9.17, 15) is 13.2 Å². The summed E-state index contributed by atoms with van der Waals surface area (Å²) in [7, 11) is 0. The van der Waals surface area contributed by atoms with E-state index in [-0.39, 0.29) is 5.13 Å². The van der Waals surface area contributed by atoms with Crippen molar-refractivity contribution in [1.82, 2.24) is 9.36 Å². The molecule has 0 aromatic carbocycles. The normalized spacial score (nSPS) is 14.2. The van der Waals surface area contributed by atoms with Gasteiger partial charge in [-0.1, -0.05) is 0 Å². The molecule has 0 radical (unpaired) electrons. The summed E-state index contributed by atoms with van der Waals surface area (Å²) in [5.41, 5.74) is 0. The zero-order valence-corrected chi connectivity index (χ0v) is 7.06. The number of alkyl halides is 3. The maximum Gasteiger partial charge on any atom is 0.416 e. The van der Waals surface area contributed by atoms with Gasteiger partial charge < -0.3 is 10.4 Å². The highest BCUT2D eigenvalue weighted by Crippen LogP contribution is 2.20. The minimum absolute atomic E-state index is 0.253. The number of halogens is 3. The van der Waals surface area contributed by atoms with Gasteiger partial charge in [0, 0.05) is 11.5 Å². The zero-order valence-electron chi connectivity index (χ0n) is 6.25. The van der Waals surface area contributed by atoms with Crippen molar-refractivity contribution in [3.63, 3.8) is 0 Å². The van der Waals surface area contributed by atoms with Gasteiger partial charge in [-0.2, -0.15) is 17.5 Å². The van der Waals surface area contributed by atoms with E-state index in [0.717, 1.165) is 11.5 Å². The average molecular weight is 213 g/mol. The van der Waals surface area contributed by atoms with E-state index in [0.29, 0.717) is 0 Å². The third-order valence-electron chi connectivity index (χ3n) is 1.19. The van der Waals surface area contributed by atoms with Gasteiger partial charge in [-0.3, -0.25) is 0 Å². The first-order valence-electron chi connectivity index (χ1n) is 3.25. The lowest BCUT2D eigenvalue weighted by Gasteiger charge is -2.13. The van der Waals surface area contributed by atoms with Gasteiger partial charge in [0.25, 0.3) is 0 Å². The van der Waals surface area contributed by atoms with Crippen LogP contribution in [0.5, 0.6) is 0 Å². The molecule has 1 aromatic rings. The SMILES string of the molecule is O[C@H](CNc1ncns1)C(F)(F)F. The Hall–Kier alpha value is -0.890. The van der Waals surface area contributed by atoms with Crippen LogP contribution in [-0.2, 0) is 0 Å². The summed E-state index contributed by atoms with van der Waals surface area (Å²) < 4.78 is 38.8. The van der Waals surface area contributed by atoms with Crippen LogP contribution < -0.4 is 5.32 Å². The molecule has 0 aliphatic rings. The molecular weight excluding hydrogens is 207 g/mol. The lowest BCUT2D eigenvalue weighted by atomic mass is 10.3. The highest BCUT2D eigenvalue weighted by atomic mass is 32.1. The molecule has 8 heteroatoms. The Labute approximate surface area is 75.6 Å². The van der Waals surface area contributed by atoms with Gasteiger partial charge in [-0.25, -0.2) is 4.98 Å². The maximum absolute atomic E-state index is 11.8. The second-order valence-electron chi connectivity index (χ2n) is 2.18. The van der Waals surface area contributed by atoms with Crippen LogP contribution in [0.4, 0.5) is 18.3 Å². The number of aliphatic hydroxyl groups excluding tert-OH is 1. The fraction of sp³-hybridized carbons (Fsp3) is 0.600. The monoisotopic (exact) mass is 213 g/mol. The summed E-state index contributed by atoms with van der Waals surface area (Å²) >= 11 is 0.925. The van der Waals surface area contributed by atoms with Crippen molar-refractivity contribution in [2.75, 3.05) is 11.9 Å². The maximum atomic E-state index is 11.8. The highest BCUT2D eigenvalue weighted by molar-refractivity contribution is 7.09. The number of nitrogens with zero attached hydrogens (tertiary/aromatic N) is 2. The van der Waals surface area contributed by atoms with E-state index in [2.05, 4.69) is 14.7 Å². The van der Waals surface area contributed by atoms with Crippen molar-refractivity contribution < 1.29 is 18.3 Å². The molecule has 13 heavy (non-hydrogen) atoms. The third kappa shape index (κ3) is 3.15. The van der Waals surface area contributed by atoms with E-state index in [1.807, 2.05) is 0 Å². The first-order chi connectivity index (χ1) is 6.00. The summed E-state index contributed by atoms with van der Waals surface area (Å²) in [5, 5.41) is 11.1. The molecule has 0 spiro atoms.